The third kappa shape index (κ3) is 3.57. The van der Waals surface area contributed by atoms with E-state index in [2.05, 4.69) is 132 Å². The zero-order valence-electron chi connectivity index (χ0n) is 14.3. The van der Waals surface area contributed by atoms with Crippen LogP contribution >= 0.6 is 127 Å². The van der Waals surface area contributed by atoms with Crippen molar-refractivity contribution < 1.29 is 0 Å². The molecule has 152 valence electrons. The first kappa shape index (κ1) is 23.2. The van der Waals surface area contributed by atoms with E-state index in [1.54, 1.807) is 0 Å². The molecule has 0 fully saturated rings. The van der Waals surface area contributed by atoms with Crippen LogP contribution in [0.5, 0.6) is 0 Å². The van der Waals surface area contributed by atoms with Crippen LogP contribution in [0, 0.1) is 0 Å². The largest absolute Gasteiger partial charge is 0.348 e. The van der Waals surface area contributed by atoms with Crippen LogP contribution in [-0.2, 0) is 0 Å². The lowest BCUT2D eigenvalue weighted by atomic mass is 10.3. The molecule has 13 heteroatoms. The number of hydrogen-bond acceptors (Lipinski definition) is 3. The Balaban J connectivity index is 2.18. The Morgan fingerprint density at radius 1 is 0.655 bits per heavy atom. The molecule has 0 aliphatic rings. The van der Waals surface area contributed by atoms with Crippen LogP contribution < -0.4 is 4.90 Å². The van der Waals surface area contributed by atoms with Crippen LogP contribution in [-0.4, -0.2) is 33.6 Å². The Kier molecular flexibility index (Phi) is 6.73. The van der Waals surface area contributed by atoms with Gasteiger partial charge in [-0.3, -0.25) is 0 Å². The first-order chi connectivity index (χ1) is 13.6. The van der Waals surface area contributed by atoms with Gasteiger partial charge in [-0.05, 0) is 127 Å². The van der Waals surface area contributed by atoms with Crippen LogP contribution in [0.2, 0.25) is 0 Å². The van der Waals surface area contributed by atoms with Gasteiger partial charge in [0.1, 0.15) is 11.0 Å². The number of nitrogens with one attached hydrogen (secondary N) is 1. The summed E-state index contributed by atoms with van der Waals surface area (Å²) in [5.41, 5.74) is 3.33. The van der Waals surface area contributed by atoms with E-state index in [4.69, 9.17) is 9.97 Å². The maximum atomic E-state index is 4.88. The molecule has 0 saturated heterocycles. The van der Waals surface area contributed by atoms with Gasteiger partial charge in [0.15, 0.2) is 0 Å². The number of aromatic nitrogens is 4. The van der Waals surface area contributed by atoms with Crippen molar-refractivity contribution in [3.8, 4) is 5.95 Å². The third-order valence-corrected chi connectivity index (χ3v) is 13.6. The van der Waals surface area contributed by atoms with Gasteiger partial charge in [0.05, 0.1) is 28.9 Å². The van der Waals surface area contributed by atoms with Crippen LogP contribution in [0.15, 0.2) is 35.8 Å². The molecule has 0 spiro atoms. The molecule has 0 atom stereocenters. The molecule has 0 bridgehead atoms. The van der Waals surface area contributed by atoms with Gasteiger partial charge in [-0.15, -0.1) is 0 Å². The highest BCUT2D eigenvalue weighted by Crippen LogP contribution is 2.46. The molecule has 1 N–H and O–H groups in total. The lowest BCUT2D eigenvalue weighted by Crippen LogP contribution is -2.15. The van der Waals surface area contributed by atoms with Gasteiger partial charge >= 0.3 is 0 Å². The van der Waals surface area contributed by atoms with E-state index in [-0.39, 0.29) is 0 Å². The smallest absolute Gasteiger partial charge is 0.215 e. The normalized spacial score (nSPS) is 11.8. The molecule has 2 aromatic heterocycles. The summed E-state index contributed by atoms with van der Waals surface area (Å²) in [7, 11) is 3.90. The highest BCUT2D eigenvalue weighted by molar-refractivity contribution is 9.15. The SMILES string of the molecule is CN(C)c1nc2c(Br)c(Br)c(Br)c(Br)c2n1-c1nc2c(Br)c(Br)c(Br)c(Br)c2[nH]1. The van der Waals surface area contributed by atoms with E-state index in [0.717, 1.165) is 63.8 Å². The standard InChI is InChI=1S/C16H7Br8N5/c1-28(2)16-27-13-9(23)5(19)6(20)10(24)14(13)29(16)15-25-11-7(21)3(17)4(18)8(22)12(11)26-15/h1-2H3,(H,25,26). The molecule has 4 rings (SSSR count). The van der Waals surface area contributed by atoms with Crippen molar-refractivity contribution in [3.05, 3.63) is 35.8 Å². The van der Waals surface area contributed by atoms with Crippen molar-refractivity contribution in [2.24, 2.45) is 0 Å². The van der Waals surface area contributed by atoms with E-state index in [0.29, 0.717) is 5.95 Å². The Hall–Kier alpha value is 1.02. The number of halogens is 8. The van der Waals surface area contributed by atoms with Crippen molar-refractivity contribution in [2.45, 2.75) is 0 Å². The third-order valence-electron chi connectivity index (χ3n) is 4.16. The fourth-order valence-corrected chi connectivity index (χ4v) is 7.48. The van der Waals surface area contributed by atoms with Gasteiger partial charge in [0, 0.05) is 32.0 Å². The summed E-state index contributed by atoms with van der Waals surface area (Å²) in [6.07, 6.45) is 0. The van der Waals surface area contributed by atoms with Crippen LogP contribution in [0.4, 0.5) is 5.95 Å². The van der Waals surface area contributed by atoms with Crippen LogP contribution in [0.25, 0.3) is 28.0 Å². The Morgan fingerprint density at radius 3 is 1.76 bits per heavy atom. The highest BCUT2D eigenvalue weighted by atomic mass is 79.9. The lowest BCUT2D eigenvalue weighted by molar-refractivity contribution is 0.927. The highest BCUT2D eigenvalue weighted by Gasteiger charge is 2.26. The van der Waals surface area contributed by atoms with E-state index in [1.807, 2.05) is 23.6 Å². The van der Waals surface area contributed by atoms with Gasteiger partial charge in [-0.25, -0.2) is 14.5 Å². The number of nitrogens with zero attached hydrogens (tertiary/aromatic N) is 4. The summed E-state index contributed by atoms with van der Waals surface area (Å²) in [4.78, 5) is 15.1. The molecule has 5 nitrogen and oxygen atoms in total. The van der Waals surface area contributed by atoms with Crippen molar-refractivity contribution in [2.75, 3.05) is 19.0 Å². The fourth-order valence-electron chi connectivity index (χ4n) is 2.86. The minimum Gasteiger partial charge on any atom is -0.348 e. The van der Waals surface area contributed by atoms with E-state index in [9.17, 15) is 0 Å². The molecule has 0 aliphatic carbocycles. The molecular weight excluding hydrogens is 901 g/mol. The second-order valence-corrected chi connectivity index (χ2v) is 12.5. The van der Waals surface area contributed by atoms with Gasteiger partial charge in [0.25, 0.3) is 0 Å². The van der Waals surface area contributed by atoms with Gasteiger partial charge < -0.3 is 9.88 Å². The second kappa shape index (κ2) is 8.42. The number of imidazole rings is 2. The predicted molar refractivity (Wildman–Crippen MR) is 147 cm³/mol. The molecule has 0 radical (unpaired) electrons. The van der Waals surface area contributed by atoms with E-state index >= 15 is 0 Å². The maximum Gasteiger partial charge on any atom is 0.215 e. The Labute approximate surface area is 232 Å². The predicted octanol–water partition coefficient (Wildman–Crippen LogP) is 9.07. The molecule has 29 heavy (non-hydrogen) atoms. The summed E-state index contributed by atoms with van der Waals surface area (Å²) in [5, 5.41) is 0. The number of hydrogen-bond donors (Lipinski definition) is 1. The molecular formula is C16H7Br8N5. The zero-order valence-corrected chi connectivity index (χ0v) is 27.0. The van der Waals surface area contributed by atoms with Gasteiger partial charge in [-0.1, -0.05) is 0 Å². The van der Waals surface area contributed by atoms with Gasteiger partial charge in [0.2, 0.25) is 11.9 Å². The van der Waals surface area contributed by atoms with Crippen molar-refractivity contribution in [1.29, 1.82) is 0 Å². The van der Waals surface area contributed by atoms with Crippen molar-refractivity contribution in [3.63, 3.8) is 0 Å². The Bertz CT molecular complexity index is 1280. The number of fused-ring (bicyclic) bond motifs is 2. The van der Waals surface area contributed by atoms with Gasteiger partial charge in [-0.2, -0.15) is 0 Å². The fraction of sp³-hybridized carbons (Fsp3) is 0.125. The first-order valence-corrected chi connectivity index (χ1v) is 14.0. The summed E-state index contributed by atoms with van der Waals surface area (Å²) in [6, 6.07) is 0. The van der Waals surface area contributed by atoms with E-state index in [1.165, 1.54) is 0 Å². The zero-order chi connectivity index (χ0) is 21.4. The first-order valence-electron chi connectivity index (χ1n) is 7.70. The summed E-state index contributed by atoms with van der Waals surface area (Å²) < 4.78 is 8.98. The minimum absolute atomic E-state index is 0.638. The average molecular weight is 908 g/mol. The Morgan fingerprint density at radius 2 is 1.17 bits per heavy atom. The van der Waals surface area contributed by atoms with E-state index < -0.39 is 0 Å². The number of rotatable bonds is 2. The molecule has 0 amide bonds. The monoisotopic (exact) mass is 900 g/mol. The number of aromatic amines is 1. The molecule has 0 saturated carbocycles. The van der Waals surface area contributed by atoms with Crippen molar-refractivity contribution >= 4 is 155 Å². The number of benzene rings is 2. The molecule has 0 unspecified atom stereocenters. The maximum absolute atomic E-state index is 4.88. The van der Waals surface area contributed by atoms with Crippen LogP contribution in [0.3, 0.4) is 0 Å². The average Bonchev–Trinajstić information content (AvgIpc) is 3.29. The minimum atomic E-state index is 0.638. The summed E-state index contributed by atoms with van der Waals surface area (Å²) in [6.45, 7) is 0. The molecule has 4 aromatic rings. The summed E-state index contributed by atoms with van der Waals surface area (Å²) in [5.74, 6) is 1.37. The molecule has 2 aromatic carbocycles. The topological polar surface area (TPSA) is 49.7 Å². The summed E-state index contributed by atoms with van der Waals surface area (Å²) >= 11 is 29.1. The number of anilines is 1. The van der Waals surface area contributed by atoms with Crippen LogP contribution in [0.1, 0.15) is 0 Å². The second-order valence-electron chi connectivity index (χ2n) is 6.13. The lowest BCUT2D eigenvalue weighted by Gasteiger charge is -2.13. The number of H-pyrrole nitrogens is 1. The van der Waals surface area contributed by atoms with Crippen molar-refractivity contribution in [1.82, 2.24) is 19.5 Å². The quantitative estimate of drug-likeness (QED) is 0.162. The molecule has 2 heterocycles. The molecule has 0 aliphatic heterocycles.